The van der Waals surface area contributed by atoms with E-state index in [2.05, 4.69) is 0 Å². The maximum absolute atomic E-state index is 10.9. The predicted octanol–water partition coefficient (Wildman–Crippen LogP) is 4.91. The summed E-state index contributed by atoms with van der Waals surface area (Å²) in [5, 5.41) is 32.5. The summed E-state index contributed by atoms with van der Waals surface area (Å²) in [5.74, 6) is 1.63. The number of hydrogen-bond donors (Lipinski definition) is 3. The third kappa shape index (κ3) is 6.25. The molecule has 0 aliphatic heterocycles. The Labute approximate surface area is 211 Å². The zero-order valence-corrected chi connectivity index (χ0v) is 21.3. The van der Waals surface area contributed by atoms with Crippen molar-refractivity contribution >= 4 is 23.5 Å². The number of aliphatic hydroxyl groups is 3. The first kappa shape index (κ1) is 26.8. The molecule has 3 aromatic carbocycles. The Hall–Kier alpha value is -1.80. The molecule has 3 aromatic rings. The molecule has 4 nitrogen and oxygen atoms in total. The van der Waals surface area contributed by atoms with Crippen molar-refractivity contribution in [2.24, 2.45) is 0 Å². The molecule has 34 heavy (non-hydrogen) atoms. The molecule has 0 spiro atoms. The van der Waals surface area contributed by atoms with Crippen molar-refractivity contribution in [3.05, 3.63) is 108 Å². The second-order valence-corrected chi connectivity index (χ2v) is 11.1. The maximum Gasteiger partial charge on any atom is 0.143 e. The number of ether oxygens (including phenoxy) is 1. The SMILES string of the molecule is CCSC(SCC)[C@@H](O)[C@H](O)[C@H](O)COC(c1ccccc1)(c1ccccc1)c1ccccc1. The Morgan fingerprint density at radius 3 is 1.38 bits per heavy atom. The van der Waals surface area contributed by atoms with Crippen LogP contribution >= 0.6 is 23.5 Å². The number of benzene rings is 3. The van der Waals surface area contributed by atoms with Crippen molar-refractivity contribution in [3.63, 3.8) is 0 Å². The Morgan fingerprint density at radius 1 is 0.647 bits per heavy atom. The zero-order valence-electron chi connectivity index (χ0n) is 19.7. The molecule has 182 valence electrons. The lowest BCUT2D eigenvalue weighted by atomic mass is 9.80. The highest BCUT2D eigenvalue weighted by molar-refractivity contribution is 8.17. The Bertz CT molecular complexity index is 853. The van der Waals surface area contributed by atoms with Crippen LogP contribution in [0.2, 0.25) is 0 Å². The predicted molar refractivity (Wildman–Crippen MR) is 143 cm³/mol. The van der Waals surface area contributed by atoms with Gasteiger partial charge in [-0.25, -0.2) is 0 Å². The highest BCUT2D eigenvalue weighted by Crippen LogP contribution is 2.40. The van der Waals surface area contributed by atoms with Gasteiger partial charge < -0.3 is 20.1 Å². The van der Waals surface area contributed by atoms with E-state index in [-0.39, 0.29) is 11.2 Å². The van der Waals surface area contributed by atoms with E-state index in [1.54, 1.807) is 23.5 Å². The summed E-state index contributed by atoms with van der Waals surface area (Å²) in [6, 6.07) is 29.7. The minimum absolute atomic E-state index is 0.156. The number of thioether (sulfide) groups is 2. The van der Waals surface area contributed by atoms with E-state index >= 15 is 0 Å². The van der Waals surface area contributed by atoms with Gasteiger partial charge in [0.15, 0.2) is 0 Å². The average Bonchev–Trinajstić information content (AvgIpc) is 2.90. The fourth-order valence-corrected chi connectivity index (χ4v) is 6.61. The fraction of sp³-hybridized carbons (Fsp3) is 0.357. The second-order valence-electron chi connectivity index (χ2n) is 7.92. The summed E-state index contributed by atoms with van der Waals surface area (Å²) in [6.07, 6.45) is -3.67. The first-order valence-electron chi connectivity index (χ1n) is 11.6. The van der Waals surface area contributed by atoms with Crippen LogP contribution in [0.5, 0.6) is 0 Å². The van der Waals surface area contributed by atoms with Gasteiger partial charge in [0.05, 0.1) is 11.2 Å². The Morgan fingerprint density at radius 2 is 1.03 bits per heavy atom. The van der Waals surface area contributed by atoms with E-state index in [1.165, 1.54) is 0 Å². The molecule has 0 heterocycles. The van der Waals surface area contributed by atoms with E-state index in [9.17, 15) is 15.3 Å². The van der Waals surface area contributed by atoms with Crippen LogP contribution in [0, 0.1) is 0 Å². The quantitative estimate of drug-likeness (QED) is 0.230. The summed E-state index contributed by atoms with van der Waals surface area (Å²) in [6.45, 7) is 3.87. The highest BCUT2D eigenvalue weighted by Gasteiger charge is 2.40. The lowest BCUT2D eigenvalue weighted by Gasteiger charge is -2.37. The van der Waals surface area contributed by atoms with Gasteiger partial charge in [0.1, 0.15) is 23.9 Å². The van der Waals surface area contributed by atoms with Gasteiger partial charge in [-0.05, 0) is 28.2 Å². The average molecular weight is 499 g/mol. The summed E-state index contributed by atoms with van der Waals surface area (Å²) < 4.78 is 6.37. The highest BCUT2D eigenvalue weighted by atomic mass is 32.2. The van der Waals surface area contributed by atoms with Crippen LogP contribution in [0.3, 0.4) is 0 Å². The molecular weight excluding hydrogens is 464 g/mol. The molecule has 0 saturated heterocycles. The molecule has 0 bridgehead atoms. The van der Waals surface area contributed by atoms with Crippen LogP contribution in [0.15, 0.2) is 91.0 Å². The molecule has 0 amide bonds. The molecule has 0 fully saturated rings. The van der Waals surface area contributed by atoms with Gasteiger partial charge >= 0.3 is 0 Å². The van der Waals surface area contributed by atoms with Crippen molar-refractivity contribution in [2.75, 3.05) is 18.1 Å². The van der Waals surface area contributed by atoms with Gasteiger partial charge in [-0.2, -0.15) is 0 Å². The Kier molecular flexibility index (Phi) is 10.5. The van der Waals surface area contributed by atoms with Crippen LogP contribution in [0.1, 0.15) is 30.5 Å². The molecule has 6 heteroatoms. The molecule has 3 rings (SSSR count). The normalized spacial score (nSPS) is 14.6. The molecule has 0 radical (unpaired) electrons. The van der Waals surface area contributed by atoms with Crippen LogP contribution in [-0.4, -0.2) is 56.3 Å². The van der Waals surface area contributed by atoms with E-state index in [4.69, 9.17) is 4.74 Å². The Balaban J connectivity index is 1.95. The second kappa shape index (κ2) is 13.3. The smallest absolute Gasteiger partial charge is 0.143 e. The lowest BCUT2D eigenvalue weighted by Crippen LogP contribution is -2.46. The van der Waals surface area contributed by atoms with Gasteiger partial charge in [0, 0.05) is 0 Å². The van der Waals surface area contributed by atoms with Crippen molar-refractivity contribution in [1.82, 2.24) is 0 Å². The van der Waals surface area contributed by atoms with E-state index in [0.29, 0.717) is 0 Å². The molecule has 0 aliphatic rings. The van der Waals surface area contributed by atoms with Crippen LogP contribution in [-0.2, 0) is 10.3 Å². The molecule has 0 saturated carbocycles. The van der Waals surface area contributed by atoms with E-state index < -0.39 is 23.9 Å². The fourth-order valence-electron chi connectivity index (χ4n) is 4.04. The number of hydrogen-bond acceptors (Lipinski definition) is 6. The number of rotatable bonds is 13. The maximum atomic E-state index is 10.9. The van der Waals surface area contributed by atoms with Gasteiger partial charge in [-0.3, -0.25) is 0 Å². The standard InChI is InChI=1S/C28H34O4S2/c1-3-33-27(34-4-2)26(31)25(30)24(29)20-32-28(21-14-8-5-9-15-21,22-16-10-6-11-17-22)23-18-12-7-13-19-23/h5-19,24-27,29-31H,3-4,20H2,1-2H3/t24-,25-,26+/m1/s1. The van der Waals surface area contributed by atoms with Gasteiger partial charge in [-0.1, -0.05) is 105 Å². The summed E-state index contributed by atoms with van der Waals surface area (Å²) >= 11 is 3.14. The largest absolute Gasteiger partial charge is 0.388 e. The molecule has 0 aromatic heterocycles. The third-order valence-electron chi connectivity index (χ3n) is 5.70. The van der Waals surface area contributed by atoms with Crippen molar-refractivity contribution in [3.8, 4) is 0 Å². The summed E-state index contributed by atoms with van der Waals surface area (Å²) in [4.78, 5) is 0. The topological polar surface area (TPSA) is 69.9 Å². The number of aliphatic hydroxyl groups excluding tert-OH is 3. The van der Waals surface area contributed by atoms with Crippen molar-refractivity contribution < 1.29 is 20.1 Å². The zero-order chi connectivity index (χ0) is 24.4. The van der Waals surface area contributed by atoms with Gasteiger partial charge in [0.2, 0.25) is 0 Å². The molecule has 3 atom stereocenters. The van der Waals surface area contributed by atoms with Gasteiger partial charge in [-0.15, -0.1) is 23.5 Å². The molecule has 3 N–H and O–H groups in total. The minimum atomic E-state index is -1.33. The van der Waals surface area contributed by atoms with Crippen LogP contribution < -0.4 is 0 Å². The summed E-state index contributed by atoms with van der Waals surface area (Å²) in [7, 11) is 0. The van der Waals surface area contributed by atoms with E-state index in [0.717, 1.165) is 28.2 Å². The molecular formula is C28H34O4S2. The van der Waals surface area contributed by atoms with Gasteiger partial charge in [0.25, 0.3) is 0 Å². The van der Waals surface area contributed by atoms with Crippen LogP contribution in [0.25, 0.3) is 0 Å². The minimum Gasteiger partial charge on any atom is -0.388 e. The molecule has 0 aliphatic carbocycles. The monoisotopic (exact) mass is 498 g/mol. The van der Waals surface area contributed by atoms with E-state index in [1.807, 2.05) is 105 Å². The molecule has 0 unspecified atom stereocenters. The third-order valence-corrected chi connectivity index (χ3v) is 8.39. The van der Waals surface area contributed by atoms with Crippen molar-refractivity contribution in [2.45, 2.75) is 42.3 Å². The first-order chi connectivity index (χ1) is 16.5. The van der Waals surface area contributed by atoms with Crippen LogP contribution in [0.4, 0.5) is 0 Å². The summed E-state index contributed by atoms with van der Waals surface area (Å²) in [5.41, 5.74) is 1.74. The lowest BCUT2D eigenvalue weighted by molar-refractivity contribution is -0.107. The van der Waals surface area contributed by atoms with Crippen molar-refractivity contribution in [1.29, 1.82) is 0 Å². The first-order valence-corrected chi connectivity index (χ1v) is 13.7.